The minimum Gasteiger partial charge on any atom is -0.480 e. The molecule has 0 spiro atoms. The lowest BCUT2D eigenvalue weighted by Gasteiger charge is -2.21. The Labute approximate surface area is 80.3 Å². The maximum atomic E-state index is 10.7. The average Bonchev–Trinajstić information content (AvgIpc) is 2.17. The molecule has 2 N–H and O–H groups in total. The molecule has 2 rings (SSSR count). The maximum absolute atomic E-state index is 10.7. The zero-order chi connectivity index (χ0) is 9.26. The highest BCUT2D eigenvalue weighted by molar-refractivity contribution is 7.97. The van der Waals surface area contributed by atoms with Crippen molar-refractivity contribution < 1.29 is 9.90 Å². The minimum atomic E-state index is -0.790. The fourth-order valence-corrected chi connectivity index (χ4v) is 2.19. The van der Waals surface area contributed by atoms with Crippen molar-refractivity contribution in [1.29, 1.82) is 0 Å². The van der Waals surface area contributed by atoms with Crippen LogP contribution in [-0.2, 0) is 11.2 Å². The molecular formula is C9H9NO2S. The number of fused-ring (bicyclic) bond motifs is 1. The van der Waals surface area contributed by atoms with E-state index in [0.29, 0.717) is 6.42 Å². The topological polar surface area (TPSA) is 49.3 Å². The summed E-state index contributed by atoms with van der Waals surface area (Å²) < 4.78 is 2.89. The van der Waals surface area contributed by atoms with E-state index in [4.69, 9.17) is 5.11 Å². The van der Waals surface area contributed by atoms with E-state index in [1.165, 1.54) is 11.9 Å². The smallest absolute Gasteiger partial charge is 0.321 e. The predicted octanol–water partition coefficient (Wildman–Crippen LogP) is 1.29. The molecule has 1 atom stereocenters. The molecule has 1 aromatic rings. The SMILES string of the molecule is O=C(O)C1Cc2ccccc2SN1. The molecule has 13 heavy (non-hydrogen) atoms. The first-order chi connectivity index (χ1) is 6.27. The summed E-state index contributed by atoms with van der Waals surface area (Å²) in [6, 6.07) is 7.39. The quantitative estimate of drug-likeness (QED) is 0.663. The molecule has 1 aliphatic rings. The molecule has 4 heteroatoms. The van der Waals surface area contributed by atoms with Gasteiger partial charge in [0.1, 0.15) is 6.04 Å². The van der Waals surface area contributed by atoms with Crippen LogP contribution in [0.5, 0.6) is 0 Å². The molecule has 0 fully saturated rings. The van der Waals surface area contributed by atoms with Crippen LogP contribution < -0.4 is 4.72 Å². The summed E-state index contributed by atoms with van der Waals surface area (Å²) in [6.07, 6.45) is 0.568. The molecule has 68 valence electrons. The lowest BCUT2D eigenvalue weighted by Crippen LogP contribution is -2.36. The first-order valence-corrected chi connectivity index (χ1v) is 4.82. The van der Waals surface area contributed by atoms with Crippen LogP contribution in [0.3, 0.4) is 0 Å². The maximum Gasteiger partial charge on any atom is 0.321 e. The molecule has 0 amide bonds. The van der Waals surface area contributed by atoms with Gasteiger partial charge in [-0.15, -0.1) is 0 Å². The second kappa shape index (κ2) is 3.40. The van der Waals surface area contributed by atoms with E-state index in [9.17, 15) is 4.79 Å². The molecule has 1 heterocycles. The molecule has 0 aromatic heterocycles. The van der Waals surface area contributed by atoms with Crippen molar-refractivity contribution in [3.63, 3.8) is 0 Å². The molecule has 0 aliphatic carbocycles. The van der Waals surface area contributed by atoms with Crippen molar-refractivity contribution in [3.05, 3.63) is 29.8 Å². The Morgan fingerprint density at radius 2 is 2.31 bits per heavy atom. The van der Waals surface area contributed by atoms with Gasteiger partial charge in [-0.3, -0.25) is 4.79 Å². The summed E-state index contributed by atoms with van der Waals surface area (Å²) in [7, 11) is 0. The molecule has 0 saturated carbocycles. The third-order valence-electron chi connectivity index (χ3n) is 2.01. The Balaban J connectivity index is 2.24. The number of benzene rings is 1. The number of carboxylic acid groups (broad SMARTS) is 1. The lowest BCUT2D eigenvalue weighted by molar-refractivity contribution is -0.138. The monoisotopic (exact) mass is 195 g/mol. The highest BCUT2D eigenvalue weighted by Crippen LogP contribution is 2.26. The largest absolute Gasteiger partial charge is 0.480 e. The number of aliphatic carboxylic acids is 1. The fraction of sp³-hybridized carbons (Fsp3) is 0.222. The Morgan fingerprint density at radius 1 is 1.54 bits per heavy atom. The van der Waals surface area contributed by atoms with Gasteiger partial charge in [0, 0.05) is 11.3 Å². The average molecular weight is 195 g/mol. The highest BCUT2D eigenvalue weighted by Gasteiger charge is 2.23. The molecule has 0 saturated heterocycles. The van der Waals surface area contributed by atoms with Crippen molar-refractivity contribution in [3.8, 4) is 0 Å². The van der Waals surface area contributed by atoms with Gasteiger partial charge < -0.3 is 5.11 Å². The third-order valence-corrected chi connectivity index (χ3v) is 3.03. The van der Waals surface area contributed by atoms with Gasteiger partial charge in [-0.05, 0) is 23.6 Å². The number of hydrogen-bond acceptors (Lipinski definition) is 3. The van der Waals surface area contributed by atoms with Crippen LogP contribution in [0.2, 0.25) is 0 Å². The van der Waals surface area contributed by atoms with Gasteiger partial charge in [0.2, 0.25) is 0 Å². The van der Waals surface area contributed by atoms with Gasteiger partial charge in [-0.25, -0.2) is 4.72 Å². The Kier molecular flexibility index (Phi) is 2.24. The van der Waals surface area contributed by atoms with E-state index in [-0.39, 0.29) is 0 Å². The Bertz CT molecular complexity index is 340. The number of nitrogens with one attached hydrogen (secondary N) is 1. The highest BCUT2D eigenvalue weighted by atomic mass is 32.2. The molecule has 0 bridgehead atoms. The van der Waals surface area contributed by atoms with E-state index >= 15 is 0 Å². The number of carbonyl (C=O) groups is 1. The van der Waals surface area contributed by atoms with E-state index < -0.39 is 12.0 Å². The van der Waals surface area contributed by atoms with Crippen molar-refractivity contribution in [2.75, 3.05) is 0 Å². The van der Waals surface area contributed by atoms with Gasteiger partial charge in [0.25, 0.3) is 0 Å². The first kappa shape index (κ1) is 8.59. The van der Waals surface area contributed by atoms with Crippen molar-refractivity contribution in [2.45, 2.75) is 17.4 Å². The van der Waals surface area contributed by atoms with Crippen molar-refractivity contribution in [2.24, 2.45) is 0 Å². The summed E-state index contributed by atoms with van der Waals surface area (Å²) in [6.45, 7) is 0. The van der Waals surface area contributed by atoms with E-state index in [2.05, 4.69) is 4.72 Å². The van der Waals surface area contributed by atoms with Gasteiger partial charge >= 0.3 is 5.97 Å². The van der Waals surface area contributed by atoms with Crippen LogP contribution in [0, 0.1) is 0 Å². The first-order valence-electron chi connectivity index (χ1n) is 4.00. The van der Waals surface area contributed by atoms with Crippen LogP contribution in [0.1, 0.15) is 5.56 Å². The Hall–Kier alpha value is -1.00. The molecule has 1 unspecified atom stereocenters. The standard InChI is InChI=1S/C9H9NO2S/c11-9(12)7-5-6-3-1-2-4-8(6)13-10-7/h1-4,7,10H,5H2,(H,11,12). The zero-order valence-electron chi connectivity index (χ0n) is 6.86. The second-order valence-electron chi connectivity index (χ2n) is 2.92. The summed E-state index contributed by atoms with van der Waals surface area (Å²) >= 11 is 1.39. The second-order valence-corrected chi connectivity index (χ2v) is 3.80. The van der Waals surface area contributed by atoms with E-state index in [1.807, 2.05) is 24.3 Å². The third kappa shape index (κ3) is 1.68. The molecule has 0 radical (unpaired) electrons. The number of carboxylic acids is 1. The van der Waals surface area contributed by atoms with Gasteiger partial charge in [0.15, 0.2) is 0 Å². The van der Waals surface area contributed by atoms with Gasteiger partial charge in [0.05, 0.1) is 0 Å². The Morgan fingerprint density at radius 3 is 3.08 bits per heavy atom. The normalized spacial score (nSPS) is 20.8. The van der Waals surface area contributed by atoms with Crippen LogP contribution in [0.4, 0.5) is 0 Å². The lowest BCUT2D eigenvalue weighted by atomic mass is 10.1. The van der Waals surface area contributed by atoms with E-state index in [0.717, 1.165) is 10.5 Å². The molecule has 1 aliphatic heterocycles. The van der Waals surface area contributed by atoms with Crippen LogP contribution >= 0.6 is 11.9 Å². The molecule has 1 aromatic carbocycles. The van der Waals surface area contributed by atoms with E-state index in [1.54, 1.807) is 0 Å². The summed E-state index contributed by atoms with van der Waals surface area (Å²) in [4.78, 5) is 11.8. The number of hydrogen-bond donors (Lipinski definition) is 2. The fourth-order valence-electron chi connectivity index (χ4n) is 1.31. The van der Waals surface area contributed by atoms with Crippen LogP contribution in [0.15, 0.2) is 29.2 Å². The van der Waals surface area contributed by atoms with Gasteiger partial charge in [-0.1, -0.05) is 18.2 Å². The van der Waals surface area contributed by atoms with Crippen LogP contribution in [0.25, 0.3) is 0 Å². The zero-order valence-corrected chi connectivity index (χ0v) is 7.67. The molecular weight excluding hydrogens is 186 g/mol. The molecule has 3 nitrogen and oxygen atoms in total. The summed E-state index contributed by atoms with van der Waals surface area (Å²) in [5.41, 5.74) is 1.11. The minimum absolute atomic E-state index is 0.458. The summed E-state index contributed by atoms with van der Waals surface area (Å²) in [5, 5.41) is 8.79. The summed E-state index contributed by atoms with van der Waals surface area (Å²) in [5.74, 6) is -0.790. The van der Waals surface area contributed by atoms with Gasteiger partial charge in [-0.2, -0.15) is 0 Å². The predicted molar refractivity (Wildman–Crippen MR) is 50.6 cm³/mol. The van der Waals surface area contributed by atoms with Crippen LogP contribution in [-0.4, -0.2) is 17.1 Å². The van der Waals surface area contributed by atoms with Crippen molar-refractivity contribution >= 4 is 17.9 Å². The number of rotatable bonds is 1. The van der Waals surface area contributed by atoms with Crippen molar-refractivity contribution in [1.82, 2.24) is 4.72 Å².